The second kappa shape index (κ2) is 7.90. The van der Waals surface area contributed by atoms with Gasteiger partial charge in [-0.25, -0.2) is 13.8 Å². The topological polar surface area (TPSA) is 87.1 Å². The normalized spacial score (nSPS) is 12.9. The summed E-state index contributed by atoms with van der Waals surface area (Å²) in [5.74, 6) is 0.394. The summed E-state index contributed by atoms with van der Waals surface area (Å²) in [4.78, 5) is 28.2. The molecule has 3 aromatic heterocycles. The molecule has 156 valence electrons. The minimum Gasteiger partial charge on any atom is -0.373 e. The lowest BCUT2D eigenvalue weighted by Gasteiger charge is -2.19. The number of anilines is 4. The van der Waals surface area contributed by atoms with E-state index in [9.17, 15) is 13.6 Å². The molecule has 0 saturated carbocycles. The molecule has 11 heteroatoms. The molecule has 0 aliphatic carbocycles. The molecule has 8 nitrogen and oxygen atoms in total. The predicted molar refractivity (Wildman–Crippen MR) is 112 cm³/mol. The fraction of sp³-hybridized carbons (Fsp3) is 0.316. The van der Waals surface area contributed by atoms with E-state index in [4.69, 9.17) is 0 Å². The molecule has 0 bridgehead atoms. The van der Waals surface area contributed by atoms with Crippen LogP contribution in [0.5, 0.6) is 0 Å². The summed E-state index contributed by atoms with van der Waals surface area (Å²) in [5.41, 5.74) is 2.93. The number of halogens is 2. The van der Waals surface area contributed by atoms with Gasteiger partial charge >= 0.3 is 0 Å². The maximum Gasteiger partial charge on any atom is 0.265 e. The monoisotopic (exact) mass is 431 g/mol. The molecule has 1 aliphatic rings. The number of aromatic nitrogens is 4. The summed E-state index contributed by atoms with van der Waals surface area (Å²) >= 11 is 1.10. The Morgan fingerprint density at radius 1 is 1.30 bits per heavy atom. The number of carbonyl (C=O) groups is 1. The zero-order valence-corrected chi connectivity index (χ0v) is 17.4. The highest BCUT2D eigenvalue weighted by Gasteiger charge is 2.20. The molecule has 0 atom stereocenters. The number of hydrogen-bond acceptors (Lipinski definition) is 8. The Kier molecular flexibility index (Phi) is 5.29. The van der Waals surface area contributed by atoms with Gasteiger partial charge in [-0.15, -0.1) is 0 Å². The highest BCUT2D eigenvalue weighted by Crippen LogP contribution is 2.33. The molecule has 0 saturated heterocycles. The van der Waals surface area contributed by atoms with Crippen LogP contribution in [0.2, 0.25) is 0 Å². The largest absolute Gasteiger partial charge is 0.373 e. The van der Waals surface area contributed by atoms with Crippen LogP contribution >= 0.6 is 11.5 Å². The van der Waals surface area contributed by atoms with Crippen LogP contribution in [0.3, 0.4) is 0 Å². The third-order valence-electron chi connectivity index (χ3n) is 4.95. The highest BCUT2D eigenvalue weighted by molar-refractivity contribution is 7.09. The van der Waals surface area contributed by atoms with Crippen molar-refractivity contribution in [3.05, 3.63) is 35.7 Å². The fourth-order valence-corrected chi connectivity index (χ4v) is 3.73. The standard InChI is InChI=1S/C19H19F2N7OS/c1-10(29)28(3)14-7-12(16(20)21)8-23-18(14)25-19-24-17(26-30-19)13-6-11-4-5-27(2)15(11)9-22-13/h6-9,16H,4-5H2,1-3H3,(H,23,24,25,26). The van der Waals surface area contributed by atoms with E-state index < -0.39 is 6.43 Å². The molecule has 30 heavy (non-hydrogen) atoms. The van der Waals surface area contributed by atoms with E-state index in [-0.39, 0.29) is 23.0 Å². The number of nitrogens with one attached hydrogen (secondary N) is 1. The van der Waals surface area contributed by atoms with Gasteiger partial charge in [-0.05, 0) is 24.1 Å². The molecule has 3 aromatic rings. The predicted octanol–water partition coefficient (Wildman–Crippen LogP) is 3.65. The maximum atomic E-state index is 13.1. The minimum atomic E-state index is -2.69. The van der Waals surface area contributed by atoms with Gasteiger partial charge in [0.05, 0.1) is 17.6 Å². The smallest absolute Gasteiger partial charge is 0.265 e. The van der Waals surface area contributed by atoms with Crippen LogP contribution in [-0.2, 0) is 11.2 Å². The van der Waals surface area contributed by atoms with E-state index in [1.807, 2.05) is 19.3 Å². The van der Waals surface area contributed by atoms with Crippen LogP contribution in [0.1, 0.15) is 24.5 Å². The SMILES string of the molecule is CC(=O)N(C)c1cc(C(F)F)cnc1Nc1nc(-c2cc3c(cn2)N(C)CC3)ns1. The molecular formula is C19H19F2N7OS. The van der Waals surface area contributed by atoms with Crippen molar-refractivity contribution >= 4 is 39.8 Å². The van der Waals surface area contributed by atoms with Crippen LogP contribution in [0.25, 0.3) is 11.5 Å². The molecular weight excluding hydrogens is 412 g/mol. The van der Waals surface area contributed by atoms with E-state index in [1.165, 1.54) is 30.5 Å². The van der Waals surface area contributed by atoms with Gasteiger partial charge in [0.25, 0.3) is 6.43 Å². The average molecular weight is 431 g/mol. The zero-order chi connectivity index (χ0) is 21.4. The van der Waals surface area contributed by atoms with E-state index >= 15 is 0 Å². The summed E-state index contributed by atoms with van der Waals surface area (Å²) in [6.07, 6.45) is 1.14. The highest BCUT2D eigenvalue weighted by atomic mass is 32.1. The van der Waals surface area contributed by atoms with Crippen molar-refractivity contribution in [2.24, 2.45) is 0 Å². The van der Waals surface area contributed by atoms with Gasteiger partial charge in [0.1, 0.15) is 5.69 Å². The Morgan fingerprint density at radius 3 is 2.83 bits per heavy atom. The Balaban J connectivity index is 1.62. The van der Waals surface area contributed by atoms with Crippen molar-refractivity contribution < 1.29 is 13.6 Å². The number of carbonyl (C=O) groups excluding carboxylic acids is 1. The lowest BCUT2D eigenvalue weighted by atomic mass is 10.2. The van der Waals surface area contributed by atoms with Gasteiger partial charge in [-0.3, -0.25) is 9.78 Å². The molecule has 1 N–H and O–H groups in total. The lowest BCUT2D eigenvalue weighted by Crippen LogP contribution is -2.24. The molecule has 0 unspecified atom stereocenters. The first-order valence-electron chi connectivity index (χ1n) is 9.17. The quantitative estimate of drug-likeness (QED) is 0.660. The lowest BCUT2D eigenvalue weighted by molar-refractivity contribution is -0.116. The summed E-state index contributed by atoms with van der Waals surface area (Å²) in [5, 5.41) is 3.40. The summed E-state index contributed by atoms with van der Waals surface area (Å²) < 4.78 is 30.5. The van der Waals surface area contributed by atoms with Crippen LogP contribution in [0.4, 0.5) is 31.1 Å². The number of alkyl halides is 2. The van der Waals surface area contributed by atoms with Crippen LogP contribution in [0, 0.1) is 0 Å². The van der Waals surface area contributed by atoms with Gasteiger partial charge in [-0.2, -0.15) is 9.36 Å². The number of likely N-dealkylation sites (N-methyl/N-ethyl adjacent to an activating group) is 1. The van der Waals surface area contributed by atoms with Gasteiger partial charge in [0, 0.05) is 50.9 Å². The second-order valence-electron chi connectivity index (χ2n) is 6.93. The van der Waals surface area contributed by atoms with Gasteiger partial charge in [0.15, 0.2) is 11.6 Å². The third kappa shape index (κ3) is 3.80. The first-order valence-corrected chi connectivity index (χ1v) is 9.94. The second-order valence-corrected chi connectivity index (χ2v) is 7.68. The number of pyridine rings is 2. The Morgan fingerprint density at radius 2 is 2.10 bits per heavy atom. The molecule has 0 fully saturated rings. The molecule has 0 spiro atoms. The van der Waals surface area contributed by atoms with Crippen LogP contribution < -0.4 is 15.1 Å². The average Bonchev–Trinajstić information content (AvgIpc) is 3.34. The van der Waals surface area contributed by atoms with Crippen molar-refractivity contribution in [1.29, 1.82) is 0 Å². The number of amides is 1. The summed E-state index contributed by atoms with van der Waals surface area (Å²) in [6, 6.07) is 3.22. The van der Waals surface area contributed by atoms with E-state index in [1.54, 1.807) is 0 Å². The fourth-order valence-electron chi connectivity index (χ4n) is 3.15. The molecule has 4 rings (SSSR count). The molecule has 4 heterocycles. The van der Waals surface area contributed by atoms with Crippen LogP contribution in [-0.4, -0.2) is 45.9 Å². The van der Waals surface area contributed by atoms with Crippen molar-refractivity contribution in [2.75, 3.05) is 35.8 Å². The summed E-state index contributed by atoms with van der Waals surface area (Å²) in [7, 11) is 3.52. The number of fused-ring (bicyclic) bond motifs is 1. The molecule has 0 radical (unpaired) electrons. The Labute approximate surface area is 175 Å². The van der Waals surface area contributed by atoms with Gasteiger partial charge < -0.3 is 15.1 Å². The van der Waals surface area contributed by atoms with Crippen molar-refractivity contribution in [3.8, 4) is 11.5 Å². The molecule has 0 aromatic carbocycles. The zero-order valence-electron chi connectivity index (χ0n) is 16.6. The maximum absolute atomic E-state index is 13.1. The van der Waals surface area contributed by atoms with Crippen molar-refractivity contribution in [1.82, 2.24) is 19.3 Å². The number of rotatable bonds is 5. The Bertz CT molecular complexity index is 1100. The van der Waals surface area contributed by atoms with E-state index in [0.717, 1.165) is 36.4 Å². The van der Waals surface area contributed by atoms with Crippen molar-refractivity contribution in [3.63, 3.8) is 0 Å². The minimum absolute atomic E-state index is 0.232. The van der Waals surface area contributed by atoms with Gasteiger partial charge in [-0.1, -0.05) is 0 Å². The number of nitrogens with zero attached hydrogens (tertiary/aromatic N) is 6. The van der Waals surface area contributed by atoms with E-state index in [2.05, 4.69) is 29.5 Å². The van der Waals surface area contributed by atoms with Crippen LogP contribution in [0.15, 0.2) is 24.5 Å². The first-order chi connectivity index (χ1) is 14.3. The number of hydrogen-bond donors (Lipinski definition) is 1. The molecule has 1 aliphatic heterocycles. The Hall–Kier alpha value is -3.21. The third-order valence-corrected chi connectivity index (χ3v) is 5.58. The summed E-state index contributed by atoms with van der Waals surface area (Å²) in [6.45, 7) is 2.29. The molecule has 1 amide bonds. The van der Waals surface area contributed by atoms with Gasteiger partial charge in [0.2, 0.25) is 11.0 Å². The van der Waals surface area contributed by atoms with Crippen molar-refractivity contribution in [2.45, 2.75) is 19.8 Å². The first kappa shape index (κ1) is 20.1. The van der Waals surface area contributed by atoms with E-state index in [0.29, 0.717) is 16.6 Å².